The lowest BCUT2D eigenvalue weighted by atomic mass is 9.88. The van der Waals surface area contributed by atoms with Crippen molar-refractivity contribution >= 4 is 17.8 Å². The standard InChI is InChI=1S/C23H19N5O4/c1-32-17-6-7-18-15(10-17)12-28(20(18)29)13-23(21(30)26-22(31)27-23)16-4-2-14(3-5-16)19-11-24-8-9-25-19/h2-11H,12-13H2,1H3,(H2,26,27,30,31)/t23-/m0/s1. The summed E-state index contributed by atoms with van der Waals surface area (Å²) in [5, 5.41) is 5.05. The highest BCUT2D eigenvalue weighted by Crippen LogP contribution is 2.33. The maximum atomic E-state index is 13.0. The van der Waals surface area contributed by atoms with E-state index in [4.69, 9.17) is 4.74 Å². The molecule has 0 aliphatic carbocycles. The SMILES string of the molecule is COc1ccc2c(c1)CN(C[C@@]1(c3ccc(-c4cnccn4)cc3)NC(=O)NC1=O)C2=O. The Morgan fingerprint density at radius 1 is 1.09 bits per heavy atom. The quantitative estimate of drug-likeness (QED) is 0.599. The van der Waals surface area contributed by atoms with Crippen LogP contribution in [0.2, 0.25) is 0 Å². The van der Waals surface area contributed by atoms with E-state index in [0.717, 1.165) is 11.1 Å². The molecule has 3 aromatic rings. The molecule has 1 atom stereocenters. The topological polar surface area (TPSA) is 114 Å². The molecule has 0 bridgehead atoms. The molecule has 160 valence electrons. The molecule has 2 aliphatic rings. The van der Waals surface area contributed by atoms with E-state index in [-0.39, 0.29) is 12.5 Å². The molecule has 0 unspecified atom stereocenters. The molecule has 0 spiro atoms. The van der Waals surface area contributed by atoms with Gasteiger partial charge in [0.25, 0.3) is 11.8 Å². The van der Waals surface area contributed by atoms with Crippen molar-refractivity contribution < 1.29 is 19.1 Å². The number of methoxy groups -OCH3 is 1. The average molecular weight is 429 g/mol. The third kappa shape index (κ3) is 3.15. The van der Waals surface area contributed by atoms with Crippen LogP contribution in [-0.2, 0) is 16.9 Å². The third-order valence-electron chi connectivity index (χ3n) is 5.80. The number of amides is 4. The van der Waals surface area contributed by atoms with Gasteiger partial charge in [0.2, 0.25) is 0 Å². The van der Waals surface area contributed by atoms with Crippen LogP contribution in [-0.4, -0.2) is 46.4 Å². The van der Waals surface area contributed by atoms with E-state index in [1.165, 1.54) is 0 Å². The smallest absolute Gasteiger partial charge is 0.322 e. The van der Waals surface area contributed by atoms with Gasteiger partial charge in [0.15, 0.2) is 5.54 Å². The fourth-order valence-electron chi connectivity index (χ4n) is 4.17. The normalized spacial score (nSPS) is 19.5. The van der Waals surface area contributed by atoms with Gasteiger partial charge in [-0.3, -0.25) is 24.9 Å². The van der Waals surface area contributed by atoms with Crippen LogP contribution in [0.25, 0.3) is 11.3 Å². The summed E-state index contributed by atoms with van der Waals surface area (Å²) in [7, 11) is 1.56. The van der Waals surface area contributed by atoms with Crippen molar-refractivity contribution in [3.63, 3.8) is 0 Å². The fourth-order valence-corrected chi connectivity index (χ4v) is 4.17. The van der Waals surface area contributed by atoms with Crippen LogP contribution in [0.3, 0.4) is 0 Å². The number of rotatable bonds is 5. The van der Waals surface area contributed by atoms with Crippen molar-refractivity contribution in [2.75, 3.05) is 13.7 Å². The van der Waals surface area contributed by atoms with Crippen LogP contribution in [0.1, 0.15) is 21.5 Å². The fraction of sp³-hybridized carbons (Fsp3) is 0.174. The van der Waals surface area contributed by atoms with E-state index in [1.54, 1.807) is 54.9 Å². The minimum absolute atomic E-state index is 0.00904. The second kappa shape index (κ2) is 7.45. The minimum Gasteiger partial charge on any atom is -0.497 e. The Morgan fingerprint density at radius 3 is 2.56 bits per heavy atom. The Bertz CT molecular complexity index is 1230. The van der Waals surface area contributed by atoms with E-state index >= 15 is 0 Å². The highest BCUT2D eigenvalue weighted by molar-refractivity contribution is 6.08. The summed E-state index contributed by atoms with van der Waals surface area (Å²) in [6.07, 6.45) is 4.83. The number of hydrogen-bond acceptors (Lipinski definition) is 6. The maximum Gasteiger partial charge on any atom is 0.322 e. The maximum absolute atomic E-state index is 13.0. The summed E-state index contributed by atoms with van der Waals surface area (Å²) >= 11 is 0. The van der Waals surface area contributed by atoms with E-state index < -0.39 is 17.5 Å². The molecule has 1 aromatic heterocycles. The van der Waals surface area contributed by atoms with E-state index in [1.807, 2.05) is 18.2 Å². The van der Waals surface area contributed by atoms with E-state index in [0.29, 0.717) is 29.1 Å². The molecule has 4 amide bonds. The molecule has 2 aliphatic heterocycles. The second-order valence-electron chi connectivity index (χ2n) is 7.67. The number of nitrogens with zero attached hydrogens (tertiary/aromatic N) is 3. The lowest BCUT2D eigenvalue weighted by molar-refractivity contribution is -0.124. The monoisotopic (exact) mass is 429 g/mol. The zero-order valence-corrected chi connectivity index (χ0v) is 17.2. The molecule has 1 fully saturated rings. The number of urea groups is 1. The predicted octanol–water partition coefficient (Wildman–Crippen LogP) is 1.84. The molecular weight excluding hydrogens is 410 g/mol. The van der Waals surface area contributed by atoms with Crippen molar-refractivity contribution in [1.82, 2.24) is 25.5 Å². The first-order valence-electron chi connectivity index (χ1n) is 9.97. The van der Waals surface area contributed by atoms with Crippen LogP contribution in [0.4, 0.5) is 4.79 Å². The number of benzene rings is 2. The van der Waals surface area contributed by atoms with Crippen LogP contribution in [0, 0.1) is 0 Å². The number of nitrogens with one attached hydrogen (secondary N) is 2. The Labute approximate surface area is 183 Å². The van der Waals surface area contributed by atoms with Gasteiger partial charge in [-0.25, -0.2) is 4.79 Å². The zero-order chi connectivity index (χ0) is 22.3. The van der Waals surface area contributed by atoms with Crippen LogP contribution < -0.4 is 15.4 Å². The molecule has 9 heteroatoms. The van der Waals surface area contributed by atoms with Crippen molar-refractivity contribution in [2.24, 2.45) is 0 Å². The Balaban J connectivity index is 1.48. The summed E-state index contributed by atoms with van der Waals surface area (Å²) in [5.41, 5.74) is 2.04. The number of carbonyl (C=O) groups is 3. The van der Waals surface area contributed by atoms with Gasteiger partial charge in [0.1, 0.15) is 5.75 Å². The van der Waals surface area contributed by atoms with Gasteiger partial charge in [0, 0.05) is 30.1 Å². The lowest BCUT2D eigenvalue weighted by Gasteiger charge is -2.31. The number of fused-ring (bicyclic) bond motifs is 1. The second-order valence-corrected chi connectivity index (χ2v) is 7.67. The van der Waals surface area contributed by atoms with Gasteiger partial charge >= 0.3 is 6.03 Å². The molecule has 2 N–H and O–H groups in total. The van der Waals surface area contributed by atoms with Crippen LogP contribution >= 0.6 is 0 Å². The molecular formula is C23H19N5O4. The zero-order valence-electron chi connectivity index (χ0n) is 17.2. The van der Waals surface area contributed by atoms with Gasteiger partial charge in [-0.2, -0.15) is 0 Å². The highest BCUT2D eigenvalue weighted by atomic mass is 16.5. The van der Waals surface area contributed by atoms with Crippen LogP contribution in [0.5, 0.6) is 5.75 Å². The van der Waals surface area contributed by atoms with Crippen LogP contribution in [0.15, 0.2) is 61.1 Å². The van der Waals surface area contributed by atoms with Gasteiger partial charge in [0.05, 0.1) is 25.5 Å². The van der Waals surface area contributed by atoms with Gasteiger partial charge in [-0.15, -0.1) is 0 Å². The average Bonchev–Trinajstić information content (AvgIpc) is 3.29. The van der Waals surface area contributed by atoms with Crippen molar-refractivity contribution in [1.29, 1.82) is 0 Å². The summed E-state index contributed by atoms with van der Waals surface area (Å²) in [6, 6.07) is 11.8. The van der Waals surface area contributed by atoms with Crippen molar-refractivity contribution in [3.05, 3.63) is 77.7 Å². The molecule has 2 aromatic carbocycles. The lowest BCUT2D eigenvalue weighted by Crippen LogP contribution is -2.52. The molecule has 1 saturated heterocycles. The summed E-state index contributed by atoms with van der Waals surface area (Å²) in [4.78, 5) is 48.0. The predicted molar refractivity (Wildman–Crippen MR) is 114 cm³/mol. The van der Waals surface area contributed by atoms with E-state index in [9.17, 15) is 14.4 Å². The molecule has 9 nitrogen and oxygen atoms in total. The van der Waals surface area contributed by atoms with Crippen molar-refractivity contribution in [2.45, 2.75) is 12.1 Å². The number of aromatic nitrogens is 2. The Kier molecular flexibility index (Phi) is 4.58. The summed E-state index contributed by atoms with van der Waals surface area (Å²) in [6.45, 7) is 0.304. The first-order chi connectivity index (χ1) is 15.5. The summed E-state index contributed by atoms with van der Waals surface area (Å²) in [5.74, 6) is -0.0529. The molecule has 0 saturated carbocycles. The Hall–Kier alpha value is -4.27. The minimum atomic E-state index is -1.40. The Morgan fingerprint density at radius 2 is 1.91 bits per heavy atom. The number of imide groups is 1. The molecule has 5 rings (SSSR count). The molecule has 0 radical (unpaired) electrons. The first-order valence-corrected chi connectivity index (χ1v) is 9.97. The number of ether oxygens (including phenoxy) is 1. The number of hydrogen-bond donors (Lipinski definition) is 2. The molecule has 3 heterocycles. The van der Waals surface area contributed by atoms with E-state index in [2.05, 4.69) is 20.6 Å². The first kappa shape index (κ1) is 19.7. The van der Waals surface area contributed by atoms with Gasteiger partial charge < -0.3 is 15.0 Å². The van der Waals surface area contributed by atoms with Gasteiger partial charge in [-0.05, 0) is 29.3 Å². The largest absolute Gasteiger partial charge is 0.497 e. The highest BCUT2D eigenvalue weighted by Gasteiger charge is 2.50. The van der Waals surface area contributed by atoms with Crippen molar-refractivity contribution in [3.8, 4) is 17.0 Å². The third-order valence-corrected chi connectivity index (χ3v) is 5.80. The number of carbonyl (C=O) groups excluding carboxylic acids is 3. The summed E-state index contributed by atoms with van der Waals surface area (Å²) < 4.78 is 5.25. The van der Waals surface area contributed by atoms with Gasteiger partial charge in [-0.1, -0.05) is 24.3 Å². The molecule has 32 heavy (non-hydrogen) atoms.